The van der Waals surface area contributed by atoms with Crippen LogP contribution in [0.4, 0.5) is 0 Å². The summed E-state index contributed by atoms with van der Waals surface area (Å²) in [6, 6.07) is 0. The molecule has 0 aromatic carbocycles. The standard InChI is InChI=1S/C14H20ClN5O2/c1-5-9(15)8-14(20(6-2)7-3)17-10-11(18-14)19(4)13(22)16-12(10)21/h5H,6-8H2,1-4H3,(H,16,21,22)/b9-5-. The molecule has 0 spiro atoms. The molecule has 1 unspecified atom stereocenters. The number of fused-ring (bicyclic) bond motifs is 1. The maximum Gasteiger partial charge on any atom is 0.329 e. The van der Waals surface area contributed by atoms with Crippen LogP contribution >= 0.6 is 11.6 Å². The van der Waals surface area contributed by atoms with Gasteiger partial charge in [-0.25, -0.2) is 14.8 Å². The Morgan fingerprint density at radius 3 is 2.55 bits per heavy atom. The Labute approximate surface area is 132 Å². The summed E-state index contributed by atoms with van der Waals surface area (Å²) < 4.78 is 1.30. The first-order valence-corrected chi connectivity index (χ1v) is 7.61. The Bertz CT molecular complexity index is 834. The van der Waals surface area contributed by atoms with E-state index in [9.17, 15) is 9.59 Å². The summed E-state index contributed by atoms with van der Waals surface area (Å²) in [7, 11) is 1.56. The molecule has 22 heavy (non-hydrogen) atoms. The Hall–Kier alpha value is -1.73. The van der Waals surface area contributed by atoms with E-state index < -0.39 is 17.0 Å². The highest BCUT2D eigenvalue weighted by molar-refractivity contribution is 6.29. The molecular formula is C14H20ClN5O2. The molecule has 1 N–H and O–H groups in total. The Morgan fingerprint density at radius 1 is 1.36 bits per heavy atom. The van der Waals surface area contributed by atoms with Crippen LogP contribution in [0, 0.1) is 0 Å². The summed E-state index contributed by atoms with van der Waals surface area (Å²) in [6.07, 6.45) is 2.14. The molecule has 2 rings (SSSR count). The van der Waals surface area contributed by atoms with Crippen molar-refractivity contribution in [3.63, 3.8) is 0 Å². The fourth-order valence-electron chi connectivity index (χ4n) is 2.59. The average Bonchev–Trinajstić information content (AvgIpc) is 2.87. The number of nitrogens with one attached hydrogen (secondary N) is 1. The van der Waals surface area contributed by atoms with Gasteiger partial charge in [0, 0.05) is 18.5 Å². The summed E-state index contributed by atoms with van der Waals surface area (Å²) in [4.78, 5) is 37.2. The minimum Gasteiger partial charge on any atom is -0.280 e. The minimum atomic E-state index is -0.978. The molecule has 0 radical (unpaired) electrons. The summed E-state index contributed by atoms with van der Waals surface area (Å²) in [5.41, 5.74) is -0.733. The predicted octanol–water partition coefficient (Wildman–Crippen LogP) is -0.145. The fraction of sp³-hybridized carbons (Fsp3) is 0.571. The topological polar surface area (TPSA) is 82.8 Å². The number of hydrogen-bond donors (Lipinski definition) is 1. The lowest BCUT2D eigenvalue weighted by molar-refractivity contribution is 0.115. The van der Waals surface area contributed by atoms with E-state index in [0.717, 1.165) is 0 Å². The van der Waals surface area contributed by atoms with E-state index in [2.05, 4.69) is 15.0 Å². The second kappa shape index (κ2) is 6.18. The van der Waals surface area contributed by atoms with Crippen LogP contribution in [-0.2, 0) is 7.05 Å². The molecule has 2 heterocycles. The molecule has 7 nitrogen and oxygen atoms in total. The van der Waals surface area contributed by atoms with E-state index in [0.29, 0.717) is 30.0 Å². The first-order chi connectivity index (χ1) is 10.4. The number of aromatic nitrogens is 2. The molecule has 0 saturated heterocycles. The zero-order chi connectivity index (χ0) is 16.5. The van der Waals surface area contributed by atoms with Crippen molar-refractivity contribution in [3.8, 4) is 0 Å². The Kier molecular flexibility index (Phi) is 4.67. The fourth-order valence-corrected chi connectivity index (χ4v) is 2.77. The number of hydrogen-bond acceptors (Lipinski definition) is 5. The van der Waals surface area contributed by atoms with Gasteiger partial charge in [-0.15, -0.1) is 0 Å². The molecule has 0 saturated carbocycles. The molecular weight excluding hydrogens is 306 g/mol. The lowest BCUT2D eigenvalue weighted by atomic mass is 10.2. The number of aromatic amines is 1. The summed E-state index contributed by atoms with van der Waals surface area (Å²) in [6.45, 7) is 7.20. The zero-order valence-electron chi connectivity index (χ0n) is 13.2. The van der Waals surface area contributed by atoms with Crippen LogP contribution in [0.5, 0.6) is 0 Å². The zero-order valence-corrected chi connectivity index (χ0v) is 13.9. The maximum atomic E-state index is 12.0. The second-order valence-corrected chi connectivity index (χ2v) is 5.56. The second-order valence-electron chi connectivity index (χ2n) is 5.07. The lowest BCUT2D eigenvalue weighted by Gasteiger charge is -2.34. The number of allylic oxidation sites excluding steroid dienone is 1. The maximum absolute atomic E-state index is 12.0. The molecule has 1 aromatic rings. The molecule has 1 aromatic heterocycles. The van der Waals surface area contributed by atoms with Crippen molar-refractivity contribution in [3.05, 3.63) is 42.8 Å². The van der Waals surface area contributed by atoms with Crippen molar-refractivity contribution >= 4 is 11.6 Å². The third kappa shape index (κ3) is 2.66. The van der Waals surface area contributed by atoms with Crippen LogP contribution in [0.1, 0.15) is 27.2 Å². The van der Waals surface area contributed by atoms with Gasteiger partial charge in [0.25, 0.3) is 5.56 Å². The van der Waals surface area contributed by atoms with Gasteiger partial charge >= 0.3 is 5.69 Å². The molecule has 1 atom stereocenters. The van der Waals surface area contributed by atoms with E-state index >= 15 is 0 Å². The Balaban J connectivity index is 2.78. The summed E-state index contributed by atoms with van der Waals surface area (Å²) >= 11 is 6.21. The van der Waals surface area contributed by atoms with Crippen molar-refractivity contribution in [2.45, 2.75) is 33.0 Å². The number of rotatable bonds is 5. The van der Waals surface area contributed by atoms with Gasteiger partial charge in [-0.1, -0.05) is 31.5 Å². The monoisotopic (exact) mass is 325 g/mol. The van der Waals surface area contributed by atoms with Crippen molar-refractivity contribution in [1.82, 2.24) is 14.5 Å². The highest BCUT2D eigenvalue weighted by Crippen LogP contribution is 2.29. The molecule has 0 aliphatic carbocycles. The molecule has 0 bridgehead atoms. The van der Waals surface area contributed by atoms with Gasteiger partial charge in [0.1, 0.15) is 0 Å². The first kappa shape index (κ1) is 16.6. The van der Waals surface area contributed by atoms with Crippen LogP contribution in [-0.4, -0.2) is 33.3 Å². The van der Waals surface area contributed by atoms with Crippen LogP contribution < -0.4 is 22.1 Å². The van der Waals surface area contributed by atoms with Gasteiger partial charge < -0.3 is 0 Å². The van der Waals surface area contributed by atoms with Gasteiger partial charge in [0.05, 0.1) is 0 Å². The molecule has 8 heteroatoms. The smallest absolute Gasteiger partial charge is 0.280 e. The van der Waals surface area contributed by atoms with Gasteiger partial charge in [-0.05, 0) is 20.0 Å². The van der Waals surface area contributed by atoms with Crippen molar-refractivity contribution in [2.75, 3.05) is 13.1 Å². The molecule has 1 aliphatic rings. The van der Waals surface area contributed by atoms with E-state index in [4.69, 9.17) is 11.6 Å². The predicted molar refractivity (Wildman–Crippen MR) is 84.5 cm³/mol. The van der Waals surface area contributed by atoms with Crippen molar-refractivity contribution in [2.24, 2.45) is 17.0 Å². The minimum absolute atomic E-state index is 0.176. The lowest BCUT2D eigenvalue weighted by Crippen LogP contribution is -2.51. The normalized spacial score (nSPS) is 20.7. The van der Waals surface area contributed by atoms with Gasteiger partial charge in [-0.2, -0.15) is 0 Å². The largest absolute Gasteiger partial charge is 0.329 e. The third-order valence-corrected chi connectivity index (χ3v) is 4.19. The number of nitrogens with zero attached hydrogens (tertiary/aromatic N) is 4. The SMILES string of the molecule is C/C=C(\Cl)CC1(N(CC)CC)N=c2c(=O)[nH]c(=O)n(C)c2=N1. The quantitative estimate of drug-likeness (QED) is 0.817. The van der Waals surface area contributed by atoms with E-state index in [1.165, 1.54) is 4.57 Å². The highest BCUT2D eigenvalue weighted by Gasteiger charge is 2.38. The number of halogens is 1. The molecule has 0 amide bonds. The van der Waals surface area contributed by atoms with Crippen molar-refractivity contribution < 1.29 is 0 Å². The van der Waals surface area contributed by atoms with Gasteiger partial charge in [0.2, 0.25) is 5.79 Å². The van der Waals surface area contributed by atoms with E-state index in [1.54, 1.807) is 13.1 Å². The van der Waals surface area contributed by atoms with E-state index in [-0.39, 0.29) is 5.36 Å². The first-order valence-electron chi connectivity index (χ1n) is 7.23. The Morgan fingerprint density at radius 2 is 2.00 bits per heavy atom. The summed E-state index contributed by atoms with van der Waals surface area (Å²) in [5, 5.41) is 0.781. The van der Waals surface area contributed by atoms with E-state index in [1.807, 2.05) is 25.7 Å². The highest BCUT2D eigenvalue weighted by atomic mass is 35.5. The molecule has 0 fully saturated rings. The van der Waals surface area contributed by atoms with Crippen LogP contribution in [0.3, 0.4) is 0 Å². The van der Waals surface area contributed by atoms with Crippen LogP contribution in [0.2, 0.25) is 0 Å². The van der Waals surface area contributed by atoms with Gasteiger partial charge in [0.15, 0.2) is 10.8 Å². The molecule has 1 aliphatic heterocycles. The van der Waals surface area contributed by atoms with Crippen LogP contribution in [0.15, 0.2) is 30.7 Å². The number of H-pyrrole nitrogens is 1. The molecule has 120 valence electrons. The average molecular weight is 326 g/mol. The summed E-state index contributed by atoms with van der Waals surface area (Å²) in [5.74, 6) is -0.978. The van der Waals surface area contributed by atoms with Gasteiger partial charge in [-0.3, -0.25) is 19.2 Å². The van der Waals surface area contributed by atoms with Crippen LogP contribution in [0.25, 0.3) is 0 Å². The van der Waals surface area contributed by atoms with Crippen molar-refractivity contribution in [1.29, 1.82) is 0 Å². The third-order valence-electron chi connectivity index (χ3n) is 3.83.